The monoisotopic (exact) mass is 448 g/mol. The Morgan fingerprint density at radius 2 is 1.40 bits per heavy atom. The van der Waals surface area contributed by atoms with Gasteiger partial charge in [-0.25, -0.2) is 0 Å². The Morgan fingerprint density at radius 1 is 0.629 bits per heavy atom. The summed E-state index contributed by atoms with van der Waals surface area (Å²) in [6.07, 6.45) is 4.18. The molecule has 7 rings (SSSR count). The lowest BCUT2D eigenvalue weighted by molar-refractivity contribution is 1.20. The predicted octanol–water partition coefficient (Wildman–Crippen LogP) is 8.32. The Kier molecular flexibility index (Phi) is 4.24. The fourth-order valence-electron chi connectivity index (χ4n) is 5.71. The minimum Gasteiger partial charge on any atom is -0.398 e. The quantitative estimate of drug-likeness (QED) is 0.290. The minimum atomic E-state index is 0.857. The van der Waals surface area contributed by atoms with Gasteiger partial charge in [0.05, 0.1) is 16.7 Å². The van der Waals surface area contributed by atoms with Crippen LogP contribution in [0, 0.1) is 0 Å². The van der Waals surface area contributed by atoms with E-state index in [0.717, 1.165) is 16.8 Å². The van der Waals surface area contributed by atoms with E-state index in [4.69, 9.17) is 5.73 Å². The molecule has 0 amide bonds. The van der Waals surface area contributed by atoms with Gasteiger partial charge in [0.15, 0.2) is 0 Å². The summed E-state index contributed by atoms with van der Waals surface area (Å²) in [4.78, 5) is 0. The highest BCUT2D eigenvalue weighted by molar-refractivity contribution is 6.18. The van der Waals surface area contributed by atoms with Crippen LogP contribution in [0.25, 0.3) is 60.7 Å². The van der Waals surface area contributed by atoms with Gasteiger partial charge in [-0.2, -0.15) is 0 Å². The van der Waals surface area contributed by atoms with Gasteiger partial charge in [0.1, 0.15) is 0 Å². The van der Waals surface area contributed by atoms with Crippen LogP contribution in [0.1, 0.15) is 18.1 Å². The second kappa shape index (κ2) is 7.48. The maximum absolute atomic E-state index is 6.61. The maximum atomic E-state index is 6.61. The summed E-state index contributed by atoms with van der Waals surface area (Å²) in [5.74, 6) is 0. The highest BCUT2D eigenvalue weighted by Gasteiger charge is 2.23. The molecule has 35 heavy (non-hydrogen) atoms. The van der Waals surface area contributed by atoms with Crippen LogP contribution in [-0.4, -0.2) is 4.57 Å². The molecule has 0 spiro atoms. The van der Waals surface area contributed by atoms with Crippen LogP contribution in [-0.2, 0) is 0 Å². The molecule has 1 aromatic heterocycles. The topological polar surface area (TPSA) is 30.9 Å². The first-order valence-electron chi connectivity index (χ1n) is 12.0. The molecule has 2 nitrogen and oxygen atoms in total. The van der Waals surface area contributed by atoms with Crippen molar-refractivity contribution < 1.29 is 0 Å². The normalized spacial score (nSPS) is 13.2. The standard InChI is InChI=1S/C33H24N2/c1-2-9-25-24-17-19-30(26-13-8-14-27(32(24)26)33(25)34)35-29-15-7-6-12-23(29)28-20-22(16-18-31(28)35)21-10-4-3-5-11-21/h2-20H,34H2,1H3/b9-2-. The summed E-state index contributed by atoms with van der Waals surface area (Å²) in [6, 6.07) is 37.1. The van der Waals surface area contributed by atoms with Crippen molar-refractivity contribution in [3.8, 4) is 16.8 Å². The van der Waals surface area contributed by atoms with E-state index in [1.165, 1.54) is 55.0 Å². The van der Waals surface area contributed by atoms with Crippen LogP contribution < -0.4 is 5.73 Å². The average Bonchev–Trinajstić information content (AvgIpc) is 3.38. The van der Waals surface area contributed by atoms with E-state index in [1.54, 1.807) is 0 Å². The summed E-state index contributed by atoms with van der Waals surface area (Å²) in [6.45, 7) is 2.04. The number of benzene rings is 5. The summed E-state index contributed by atoms with van der Waals surface area (Å²) in [7, 11) is 0. The summed E-state index contributed by atoms with van der Waals surface area (Å²) in [5.41, 5.74) is 17.0. The lowest BCUT2D eigenvalue weighted by Gasteiger charge is -2.14. The first-order valence-corrected chi connectivity index (χ1v) is 12.0. The molecular formula is C33H24N2. The molecular weight excluding hydrogens is 424 g/mol. The maximum Gasteiger partial charge on any atom is 0.0541 e. The lowest BCUT2D eigenvalue weighted by Crippen LogP contribution is -1.97. The van der Waals surface area contributed by atoms with Gasteiger partial charge in [-0.05, 0) is 47.9 Å². The van der Waals surface area contributed by atoms with E-state index >= 15 is 0 Å². The Labute approximate surface area is 204 Å². The van der Waals surface area contributed by atoms with Crippen molar-refractivity contribution in [1.29, 1.82) is 0 Å². The van der Waals surface area contributed by atoms with Crippen LogP contribution in [0.15, 0.2) is 115 Å². The smallest absolute Gasteiger partial charge is 0.0541 e. The third-order valence-electron chi connectivity index (χ3n) is 7.24. The zero-order chi connectivity index (χ0) is 23.5. The van der Waals surface area contributed by atoms with Crippen LogP contribution in [0.3, 0.4) is 0 Å². The third kappa shape index (κ3) is 2.77. The fraction of sp³-hybridized carbons (Fsp3) is 0.0303. The van der Waals surface area contributed by atoms with E-state index in [0.29, 0.717) is 0 Å². The van der Waals surface area contributed by atoms with Gasteiger partial charge in [0.25, 0.3) is 0 Å². The fourth-order valence-corrected chi connectivity index (χ4v) is 5.71. The molecule has 6 aromatic rings. The van der Waals surface area contributed by atoms with Gasteiger partial charge < -0.3 is 10.3 Å². The number of hydrogen-bond donors (Lipinski definition) is 1. The SMILES string of the molecule is C/C=C\C1=C(N)c2cccc3c(-n4c5ccccc5c5cc(-c6ccccc6)ccc54)ccc1c23. The number of nitrogens with two attached hydrogens (primary N) is 1. The molecule has 0 atom stereocenters. The molecule has 0 fully saturated rings. The van der Waals surface area contributed by atoms with Crippen molar-refractivity contribution in [2.24, 2.45) is 5.73 Å². The number of fused-ring (bicyclic) bond motifs is 3. The molecule has 0 radical (unpaired) electrons. The minimum absolute atomic E-state index is 0.857. The van der Waals surface area contributed by atoms with Gasteiger partial charge in [-0.3, -0.25) is 0 Å². The molecule has 2 heteroatoms. The van der Waals surface area contributed by atoms with Crippen molar-refractivity contribution >= 4 is 43.8 Å². The Hall–Kier alpha value is -4.56. The first-order chi connectivity index (χ1) is 17.3. The molecule has 1 aliphatic carbocycles. The summed E-state index contributed by atoms with van der Waals surface area (Å²) in [5, 5.41) is 4.98. The van der Waals surface area contributed by atoms with Gasteiger partial charge in [-0.1, -0.05) is 91.0 Å². The Morgan fingerprint density at radius 3 is 2.26 bits per heavy atom. The van der Waals surface area contributed by atoms with Crippen molar-refractivity contribution in [2.45, 2.75) is 6.92 Å². The molecule has 0 aliphatic heterocycles. The predicted molar refractivity (Wildman–Crippen MR) is 150 cm³/mol. The van der Waals surface area contributed by atoms with E-state index < -0.39 is 0 Å². The van der Waals surface area contributed by atoms with Crippen LogP contribution in [0.4, 0.5) is 0 Å². The van der Waals surface area contributed by atoms with Crippen molar-refractivity contribution in [3.63, 3.8) is 0 Å². The second-order valence-electron chi connectivity index (χ2n) is 9.14. The molecule has 2 N–H and O–H groups in total. The number of para-hydroxylation sites is 1. The third-order valence-corrected chi connectivity index (χ3v) is 7.24. The number of hydrogen-bond acceptors (Lipinski definition) is 1. The zero-order valence-corrected chi connectivity index (χ0v) is 19.5. The van der Waals surface area contributed by atoms with E-state index in [1.807, 2.05) is 6.92 Å². The van der Waals surface area contributed by atoms with Gasteiger partial charge in [-0.15, -0.1) is 0 Å². The summed E-state index contributed by atoms with van der Waals surface area (Å²) < 4.78 is 2.41. The lowest BCUT2D eigenvalue weighted by atomic mass is 10.00. The van der Waals surface area contributed by atoms with Crippen molar-refractivity contribution in [3.05, 3.63) is 126 Å². The van der Waals surface area contributed by atoms with Crippen molar-refractivity contribution in [1.82, 2.24) is 4.57 Å². The van der Waals surface area contributed by atoms with E-state index in [9.17, 15) is 0 Å². The van der Waals surface area contributed by atoms with Crippen LogP contribution in [0.2, 0.25) is 0 Å². The van der Waals surface area contributed by atoms with E-state index in [2.05, 4.69) is 120 Å². The average molecular weight is 449 g/mol. The molecule has 1 aliphatic rings. The number of rotatable bonds is 3. The van der Waals surface area contributed by atoms with Gasteiger partial charge >= 0.3 is 0 Å². The second-order valence-corrected chi connectivity index (χ2v) is 9.14. The molecule has 5 aromatic carbocycles. The molecule has 0 saturated carbocycles. The molecule has 1 heterocycles. The van der Waals surface area contributed by atoms with Crippen molar-refractivity contribution in [2.75, 3.05) is 0 Å². The Bertz CT molecular complexity index is 1850. The number of nitrogens with zero attached hydrogens (tertiary/aromatic N) is 1. The van der Waals surface area contributed by atoms with Gasteiger partial charge in [0.2, 0.25) is 0 Å². The van der Waals surface area contributed by atoms with Crippen LogP contribution in [0.5, 0.6) is 0 Å². The largest absolute Gasteiger partial charge is 0.398 e. The molecule has 0 bridgehead atoms. The summed E-state index contributed by atoms with van der Waals surface area (Å²) >= 11 is 0. The molecule has 0 saturated heterocycles. The zero-order valence-electron chi connectivity index (χ0n) is 19.5. The van der Waals surface area contributed by atoms with Crippen LogP contribution >= 0.6 is 0 Å². The number of aromatic nitrogens is 1. The van der Waals surface area contributed by atoms with Gasteiger partial charge in [0, 0.05) is 38.4 Å². The Balaban J connectivity index is 1.55. The molecule has 166 valence electrons. The highest BCUT2D eigenvalue weighted by Crippen LogP contribution is 2.44. The number of allylic oxidation sites excluding steroid dienone is 3. The molecule has 0 unspecified atom stereocenters. The van der Waals surface area contributed by atoms with E-state index in [-0.39, 0.29) is 0 Å². The first kappa shape index (κ1) is 19.9. The highest BCUT2D eigenvalue weighted by atomic mass is 15.0.